The van der Waals surface area contributed by atoms with E-state index in [4.69, 9.17) is 5.73 Å². The van der Waals surface area contributed by atoms with Gasteiger partial charge >= 0.3 is 5.97 Å². The lowest BCUT2D eigenvalue weighted by molar-refractivity contribution is -0.135. The molecule has 0 aromatic heterocycles. The summed E-state index contributed by atoms with van der Waals surface area (Å²) >= 11 is 0. The summed E-state index contributed by atoms with van der Waals surface area (Å²) in [6.07, 6.45) is 1.75. The molecule has 0 heterocycles. The third-order valence-electron chi connectivity index (χ3n) is 1.72. The molecule has 1 saturated carbocycles. The molecule has 1 fully saturated rings. The second kappa shape index (κ2) is 4.59. The van der Waals surface area contributed by atoms with Gasteiger partial charge in [0.15, 0.2) is 0 Å². The Bertz CT molecular complexity index is 271. The smallest absolute Gasteiger partial charge is 0.375 e. The number of carbonyl (C=O) groups is 2. The third kappa shape index (κ3) is 3.04. The Morgan fingerprint density at radius 2 is 2.21 bits per heavy atom. The van der Waals surface area contributed by atoms with Gasteiger partial charge in [0, 0.05) is 5.92 Å². The molecule has 0 spiro atoms. The van der Waals surface area contributed by atoms with E-state index in [1.165, 1.54) is 0 Å². The summed E-state index contributed by atoms with van der Waals surface area (Å²) in [6, 6.07) is 0. The van der Waals surface area contributed by atoms with E-state index in [1.54, 1.807) is 6.92 Å². The topological polar surface area (TPSA) is 93.8 Å². The molecule has 1 amide bonds. The van der Waals surface area contributed by atoms with Crippen LogP contribution < -0.4 is 11.2 Å². The number of rotatable bonds is 3. The molecule has 6 nitrogen and oxygen atoms in total. The highest BCUT2D eigenvalue weighted by molar-refractivity contribution is 6.34. The quantitative estimate of drug-likeness (QED) is 0.273. The van der Waals surface area contributed by atoms with Crippen LogP contribution in [0.5, 0.6) is 0 Å². The normalized spacial score (nSPS) is 16.2. The van der Waals surface area contributed by atoms with Crippen molar-refractivity contribution in [2.24, 2.45) is 16.8 Å². The van der Waals surface area contributed by atoms with Gasteiger partial charge in [0.1, 0.15) is 0 Å². The maximum atomic E-state index is 11.1. The van der Waals surface area contributed by atoms with E-state index in [-0.39, 0.29) is 24.3 Å². The highest BCUT2D eigenvalue weighted by Gasteiger charge is 2.29. The number of esters is 1. The number of amidine groups is 1. The molecule has 6 heteroatoms. The molecule has 0 bridgehead atoms. The van der Waals surface area contributed by atoms with Crippen molar-refractivity contribution in [1.82, 2.24) is 5.43 Å². The Balaban J connectivity index is 2.34. The number of ether oxygens (including phenoxy) is 1. The largest absolute Gasteiger partial charge is 0.460 e. The van der Waals surface area contributed by atoms with Gasteiger partial charge < -0.3 is 10.5 Å². The first kappa shape index (κ1) is 10.5. The Kier molecular flexibility index (Phi) is 3.44. The number of hydrazone groups is 1. The maximum Gasteiger partial charge on any atom is 0.375 e. The van der Waals surface area contributed by atoms with Crippen molar-refractivity contribution in [2.75, 3.05) is 6.61 Å². The lowest BCUT2D eigenvalue weighted by atomic mass is 10.4. The van der Waals surface area contributed by atoms with E-state index in [0.29, 0.717) is 0 Å². The number of hydrogen-bond acceptors (Lipinski definition) is 4. The highest BCUT2D eigenvalue weighted by atomic mass is 16.5. The summed E-state index contributed by atoms with van der Waals surface area (Å²) in [5, 5.41) is 3.42. The summed E-state index contributed by atoms with van der Waals surface area (Å²) in [7, 11) is 0. The molecule has 0 saturated heterocycles. The molecular formula is C8H13N3O3. The molecule has 0 aliphatic heterocycles. The fourth-order valence-corrected chi connectivity index (χ4v) is 0.803. The van der Waals surface area contributed by atoms with Gasteiger partial charge in [0.05, 0.1) is 6.61 Å². The van der Waals surface area contributed by atoms with Crippen LogP contribution in [0, 0.1) is 5.92 Å². The van der Waals surface area contributed by atoms with Crippen molar-refractivity contribution in [3.63, 3.8) is 0 Å². The zero-order valence-corrected chi connectivity index (χ0v) is 7.95. The molecule has 0 aromatic carbocycles. The molecule has 0 aromatic rings. The Labute approximate surface area is 81.5 Å². The molecule has 1 aliphatic carbocycles. The van der Waals surface area contributed by atoms with Crippen molar-refractivity contribution in [3.8, 4) is 0 Å². The number of nitrogens with two attached hydrogens (primary N) is 1. The summed E-state index contributed by atoms with van der Waals surface area (Å²) < 4.78 is 4.57. The average Bonchev–Trinajstić information content (AvgIpc) is 2.97. The first-order valence-corrected chi connectivity index (χ1v) is 4.45. The minimum absolute atomic E-state index is 0.0359. The van der Waals surface area contributed by atoms with Crippen LogP contribution in [-0.4, -0.2) is 24.3 Å². The lowest BCUT2D eigenvalue weighted by Gasteiger charge is -2.00. The molecule has 0 unspecified atom stereocenters. The van der Waals surface area contributed by atoms with Crippen LogP contribution in [0.4, 0.5) is 0 Å². The number of hydrogen-bond donors (Lipinski definition) is 2. The zero-order valence-electron chi connectivity index (χ0n) is 7.95. The zero-order chi connectivity index (χ0) is 10.6. The SMILES string of the molecule is CCOC(=O)C(N)=NNC(=O)C1CC1. The second-order valence-corrected chi connectivity index (χ2v) is 2.97. The van der Waals surface area contributed by atoms with Crippen LogP contribution in [0.15, 0.2) is 5.10 Å². The molecule has 3 N–H and O–H groups in total. The van der Waals surface area contributed by atoms with Gasteiger partial charge in [-0.1, -0.05) is 0 Å². The molecule has 1 aliphatic rings. The molecule has 1 rings (SSSR count). The Hall–Kier alpha value is -1.59. The second-order valence-electron chi connectivity index (χ2n) is 2.97. The first-order chi connectivity index (χ1) is 6.65. The lowest BCUT2D eigenvalue weighted by Crippen LogP contribution is -2.31. The maximum absolute atomic E-state index is 11.1. The van der Waals surface area contributed by atoms with Crippen LogP contribution in [0.2, 0.25) is 0 Å². The van der Waals surface area contributed by atoms with Crippen molar-refractivity contribution < 1.29 is 14.3 Å². The van der Waals surface area contributed by atoms with E-state index in [1.807, 2.05) is 0 Å². The summed E-state index contributed by atoms with van der Waals surface area (Å²) in [4.78, 5) is 22.0. The van der Waals surface area contributed by atoms with Crippen molar-refractivity contribution >= 4 is 17.7 Å². The highest BCUT2D eigenvalue weighted by Crippen LogP contribution is 2.28. The van der Waals surface area contributed by atoms with Crippen molar-refractivity contribution in [3.05, 3.63) is 0 Å². The van der Waals surface area contributed by atoms with E-state index >= 15 is 0 Å². The van der Waals surface area contributed by atoms with Crippen LogP contribution in [-0.2, 0) is 14.3 Å². The Morgan fingerprint density at radius 1 is 1.57 bits per heavy atom. The van der Waals surface area contributed by atoms with Crippen molar-refractivity contribution in [1.29, 1.82) is 0 Å². The molecular weight excluding hydrogens is 186 g/mol. The van der Waals surface area contributed by atoms with E-state index in [0.717, 1.165) is 12.8 Å². The van der Waals surface area contributed by atoms with Crippen LogP contribution in [0.3, 0.4) is 0 Å². The summed E-state index contributed by atoms with van der Waals surface area (Å²) in [5.41, 5.74) is 7.44. The molecule has 0 atom stereocenters. The standard InChI is InChI=1S/C8H13N3O3/c1-2-14-8(13)6(9)10-11-7(12)5-3-4-5/h5H,2-4H2,1H3,(H2,9,10)(H,11,12). The number of nitrogens with zero attached hydrogens (tertiary/aromatic N) is 1. The number of amides is 1. The molecule has 14 heavy (non-hydrogen) atoms. The van der Waals surface area contributed by atoms with Gasteiger partial charge in [-0.2, -0.15) is 0 Å². The fraction of sp³-hybridized carbons (Fsp3) is 0.625. The minimum atomic E-state index is -0.719. The summed E-state index contributed by atoms with van der Waals surface area (Å²) in [6.45, 7) is 1.89. The predicted octanol–water partition coefficient (Wildman–Crippen LogP) is -0.652. The van der Waals surface area contributed by atoms with E-state index in [9.17, 15) is 9.59 Å². The number of carbonyl (C=O) groups excluding carboxylic acids is 2. The van der Waals surface area contributed by atoms with E-state index < -0.39 is 5.97 Å². The average molecular weight is 199 g/mol. The first-order valence-electron chi connectivity index (χ1n) is 4.45. The third-order valence-corrected chi connectivity index (χ3v) is 1.72. The van der Waals surface area contributed by atoms with Gasteiger partial charge in [-0.15, -0.1) is 5.10 Å². The van der Waals surface area contributed by atoms with E-state index in [2.05, 4.69) is 15.3 Å². The Morgan fingerprint density at radius 3 is 2.71 bits per heavy atom. The van der Waals surface area contributed by atoms with Gasteiger partial charge in [-0.3, -0.25) is 4.79 Å². The molecule has 0 radical (unpaired) electrons. The van der Waals surface area contributed by atoms with Gasteiger partial charge in [-0.25, -0.2) is 10.2 Å². The van der Waals surface area contributed by atoms with Gasteiger partial charge in [-0.05, 0) is 19.8 Å². The fourth-order valence-electron chi connectivity index (χ4n) is 0.803. The van der Waals surface area contributed by atoms with Crippen LogP contribution >= 0.6 is 0 Å². The summed E-state index contributed by atoms with van der Waals surface area (Å²) in [5.74, 6) is -1.21. The van der Waals surface area contributed by atoms with Gasteiger partial charge in [0.25, 0.3) is 0 Å². The van der Waals surface area contributed by atoms with Crippen LogP contribution in [0.25, 0.3) is 0 Å². The predicted molar refractivity (Wildman–Crippen MR) is 49.1 cm³/mol. The number of nitrogens with one attached hydrogen (secondary N) is 1. The minimum Gasteiger partial charge on any atom is -0.460 e. The van der Waals surface area contributed by atoms with Crippen LogP contribution in [0.1, 0.15) is 19.8 Å². The van der Waals surface area contributed by atoms with Crippen molar-refractivity contribution in [2.45, 2.75) is 19.8 Å². The monoisotopic (exact) mass is 199 g/mol. The van der Waals surface area contributed by atoms with Gasteiger partial charge in [0.2, 0.25) is 11.7 Å². The molecule has 78 valence electrons.